The maximum Gasteiger partial charge on any atom is 0.277 e. The highest BCUT2D eigenvalue weighted by Gasteiger charge is 2.42. The molecule has 1 aliphatic heterocycles. The second-order valence-corrected chi connectivity index (χ2v) is 4.77. The van der Waals surface area contributed by atoms with Gasteiger partial charge >= 0.3 is 0 Å². The van der Waals surface area contributed by atoms with Crippen molar-refractivity contribution < 1.29 is 13.9 Å². The Balaban J connectivity index is 2.22. The van der Waals surface area contributed by atoms with Crippen molar-refractivity contribution in [3.63, 3.8) is 0 Å². The zero-order valence-corrected chi connectivity index (χ0v) is 9.87. The molecule has 1 aromatic rings. The quantitative estimate of drug-likeness (QED) is 0.860. The Hall–Kier alpha value is -1.16. The second-order valence-electron chi connectivity index (χ2n) is 4.77. The first-order chi connectivity index (χ1) is 8.00. The van der Waals surface area contributed by atoms with Crippen LogP contribution in [-0.2, 0) is 5.92 Å². The SMILES string of the molecule is CN1CCCC(C(F)(F)c2cccc(O)c2)C1. The summed E-state index contributed by atoms with van der Waals surface area (Å²) >= 11 is 0. The van der Waals surface area contributed by atoms with E-state index in [4.69, 9.17) is 0 Å². The van der Waals surface area contributed by atoms with E-state index < -0.39 is 11.8 Å². The van der Waals surface area contributed by atoms with Crippen LogP contribution in [0.1, 0.15) is 18.4 Å². The zero-order valence-electron chi connectivity index (χ0n) is 9.87. The number of halogens is 2. The second kappa shape index (κ2) is 4.61. The van der Waals surface area contributed by atoms with Crippen molar-refractivity contribution >= 4 is 0 Å². The van der Waals surface area contributed by atoms with E-state index in [0.717, 1.165) is 19.0 Å². The molecule has 0 aromatic heterocycles. The summed E-state index contributed by atoms with van der Waals surface area (Å²) in [4.78, 5) is 1.94. The molecular formula is C13H17F2NO. The summed E-state index contributed by atoms with van der Waals surface area (Å²) < 4.78 is 28.5. The normalized spacial score (nSPS) is 22.6. The van der Waals surface area contributed by atoms with Gasteiger partial charge in [-0.05, 0) is 38.6 Å². The molecule has 2 nitrogen and oxygen atoms in total. The van der Waals surface area contributed by atoms with Crippen LogP contribution in [0.15, 0.2) is 24.3 Å². The number of likely N-dealkylation sites (tertiary alicyclic amines) is 1. The fraction of sp³-hybridized carbons (Fsp3) is 0.538. The minimum absolute atomic E-state index is 0.0854. The van der Waals surface area contributed by atoms with Gasteiger partial charge in [0, 0.05) is 18.0 Å². The standard InChI is InChI=1S/C13H17F2NO/c1-16-7-3-5-11(9-16)13(14,15)10-4-2-6-12(17)8-10/h2,4,6,8,11,17H,3,5,7,9H2,1H3. The first kappa shape index (κ1) is 12.3. The average molecular weight is 241 g/mol. The van der Waals surface area contributed by atoms with E-state index in [-0.39, 0.29) is 11.3 Å². The molecule has 0 amide bonds. The Morgan fingerprint density at radius 3 is 2.82 bits per heavy atom. The van der Waals surface area contributed by atoms with E-state index in [2.05, 4.69) is 0 Å². The lowest BCUT2D eigenvalue weighted by Crippen LogP contribution is -2.40. The van der Waals surface area contributed by atoms with Crippen molar-refractivity contribution in [2.75, 3.05) is 20.1 Å². The summed E-state index contributed by atoms with van der Waals surface area (Å²) in [5.41, 5.74) is -0.0854. The highest BCUT2D eigenvalue weighted by molar-refractivity contribution is 5.30. The number of phenolic OH excluding ortho intramolecular Hbond substituents is 1. The van der Waals surface area contributed by atoms with E-state index in [0.29, 0.717) is 13.0 Å². The molecule has 0 bridgehead atoms. The molecule has 1 fully saturated rings. The van der Waals surface area contributed by atoms with Crippen molar-refractivity contribution in [1.29, 1.82) is 0 Å². The van der Waals surface area contributed by atoms with E-state index in [1.54, 1.807) is 0 Å². The van der Waals surface area contributed by atoms with Gasteiger partial charge in [-0.15, -0.1) is 0 Å². The minimum atomic E-state index is -2.87. The molecular weight excluding hydrogens is 224 g/mol. The molecule has 2 rings (SSSR count). The average Bonchev–Trinajstić information content (AvgIpc) is 2.29. The van der Waals surface area contributed by atoms with Crippen molar-refractivity contribution in [2.24, 2.45) is 5.92 Å². The third-order valence-corrected chi connectivity index (χ3v) is 3.37. The van der Waals surface area contributed by atoms with Gasteiger partial charge in [0.05, 0.1) is 0 Å². The number of piperidine rings is 1. The van der Waals surface area contributed by atoms with Crippen molar-refractivity contribution in [2.45, 2.75) is 18.8 Å². The predicted octanol–water partition coefficient (Wildman–Crippen LogP) is 2.83. The molecule has 0 saturated carbocycles. The van der Waals surface area contributed by atoms with E-state index in [1.807, 2.05) is 11.9 Å². The Kier molecular flexibility index (Phi) is 3.33. The van der Waals surface area contributed by atoms with E-state index in [9.17, 15) is 13.9 Å². The minimum Gasteiger partial charge on any atom is -0.508 e. The summed E-state index contributed by atoms with van der Waals surface area (Å²) in [7, 11) is 1.87. The number of benzene rings is 1. The lowest BCUT2D eigenvalue weighted by atomic mass is 9.87. The third kappa shape index (κ3) is 2.57. The van der Waals surface area contributed by atoms with Gasteiger partial charge in [-0.2, -0.15) is 0 Å². The molecule has 1 unspecified atom stereocenters. The monoisotopic (exact) mass is 241 g/mol. The smallest absolute Gasteiger partial charge is 0.277 e. The highest BCUT2D eigenvalue weighted by atomic mass is 19.3. The molecule has 1 aliphatic rings. The number of rotatable bonds is 2. The Morgan fingerprint density at radius 1 is 1.41 bits per heavy atom. The van der Waals surface area contributed by atoms with Crippen LogP contribution in [0.2, 0.25) is 0 Å². The number of aromatic hydroxyl groups is 1. The predicted molar refractivity (Wildman–Crippen MR) is 62.2 cm³/mol. The van der Waals surface area contributed by atoms with Crippen LogP contribution in [0, 0.1) is 5.92 Å². The third-order valence-electron chi connectivity index (χ3n) is 3.37. The highest BCUT2D eigenvalue weighted by Crippen LogP contribution is 2.41. The Morgan fingerprint density at radius 2 is 2.18 bits per heavy atom. The van der Waals surface area contributed by atoms with Crippen LogP contribution in [0.25, 0.3) is 0 Å². The molecule has 1 N–H and O–H groups in total. The zero-order chi connectivity index (χ0) is 12.5. The van der Waals surface area contributed by atoms with Crippen LogP contribution >= 0.6 is 0 Å². The molecule has 0 aliphatic carbocycles. The van der Waals surface area contributed by atoms with E-state index in [1.165, 1.54) is 18.2 Å². The van der Waals surface area contributed by atoms with Crippen LogP contribution in [0.3, 0.4) is 0 Å². The van der Waals surface area contributed by atoms with Crippen molar-refractivity contribution in [3.05, 3.63) is 29.8 Å². The van der Waals surface area contributed by atoms with Gasteiger partial charge in [-0.3, -0.25) is 0 Å². The summed E-state index contributed by atoms with van der Waals surface area (Å²) in [6.45, 7) is 1.29. The molecule has 1 aromatic carbocycles. The van der Waals surface area contributed by atoms with Gasteiger partial charge in [-0.1, -0.05) is 12.1 Å². The maximum atomic E-state index is 14.3. The molecule has 17 heavy (non-hydrogen) atoms. The molecule has 4 heteroatoms. The van der Waals surface area contributed by atoms with E-state index >= 15 is 0 Å². The number of hydrogen-bond acceptors (Lipinski definition) is 2. The van der Waals surface area contributed by atoms with Gasteiger partial charge in [0.15, 0.2) is 0 Å². The topological polar surface area (TPSA) is 23.5 Å². The molecule has 0 spiro atoms. The summed E-state index contributed by atoms with van der Waals surface area (Å²) in [5, 5.41) is 9.28. The van der Waals surface area contributed by atoms with Crippen molar-refractivity contribution in [3.8, 4) is 5.75 Å². The van der Waals surface area contributed by atoms with Crippen LogP contribution in [-0.4, -0.2) is 30.1 Å². The van der Waals surface area contributed by atoms with Crippen LogP contribution < -0.4 is 0 Å². The summed E-state index contributed by atoms with van der Waals surface area (Å²) in [5.74, 6) is -3.64. The lowest BCUT2D eigenvalue weighted by molar-refractivity contribution is -0.0865. The Labute approximate surface area is 99.9 Å². The number of phenols is 1. The Bertz CT molecular complexity index is 395. The van der Waals surface area contributed by atoms with Gasteiger partial charge in [0.25, 0.3) is 5.92 Å². The number of alkyl halides is 2. The number of nitrogens with zero attached hydrogens (tertiary/aromatic N) is 1. The fourth-order valence-electron chi connectivity index (χ4n) is 2.41. The number of hydrogen-bond donors (Lipinski definition) is 1. The summed E-state index contributed by atoms with van der Waals surface area (Å²) in [6, 6.07) is 5.42. The first-order valence-electron chi connectivity index (χ1n) is 5.86. The molecule has 1 atom stereocenters. The molecule has 1 heterocycles. The van der Waals surface area contributed by atoms with Gasteiger partial charge in [0.1, 0.15) is 5.75 Å². The van der Waals surface area contributed by atoms with Gasteiger partial charge < -0.3 is 10.0 Å². The maximum absolute atomic E-state index is 14.3. The molecule has 0 radical (unpaired) electrons. The fourth-order valence-corrected chi connectivity index (χ4v) is 2.41. The molecule has 94 valence electrons. The molecule has 1 saturated heterocycles. The van der Waals surface area contributed by atoms with Crippen molar-refractivity contribution in [1.82, 2.24) is 4.90 Å². The van der Waals surface area contributed by atoms with Crippen LogP contribution in [0.5, 0.6) is 5.75 Å². The summed E-state index contributed by atoms with van der Waals surface area (Å²) in [6.07, 6.45) is 1.34. The van der Waals surface area contributed by atoms with Gasteiger partial charge in [0.2, 0.25) is 0 Å². The van der Waals surface area contributed by atoms with Gasteiger partial charge in [-0.25, -0.2) is 8.78 Å². The van der Waals surface area contributed by atoms with Crippen LogP contribution in [0.4, 0.5) is 8.78 Å². The largest absolute Gasteiger partial charge is 0.508 e. The lowest BCUT2D eigenvalue weighted by Gasteiger charge is -2.35. The first-order valence-corrected chi connectivity index (χ1v) is 5.86.